The van der Waals surface area contributed by atoms with Crippen molar-refractivity contribution in [1.29, 1.82) is 0 Å². The molecule has 2 unspecified atom stereocenters. The van der Waals surface area contributed by atoms with E-state index >= 15 is 0 Å². The van der Waals surface area contributed by atoms with Crippen molar-refractivity contribution in [3.63, 3.8) is 0 Å². The van der Waals surface area contributed by atoms with E-state index < -0.39 is 0 Å². The van der Waals surface area contributed by atoms with E-state index in [4.69, 9.17) is 0 Å². The van der Waals surface area contributed by atoms with Gasteiger partial charge >= 0.3 is 0 Å². The van der Waals surface area contributed by atoms with Crippen LogP contribution in [0.25, 0.3) is 0 Å². The number of hydrogen-bond donors (Lipinski definition) is 0. The molecule has 0 spiro atoms. The van der Waals surface area contributed by atoms with E-state index in [-0.39, 0.29) is 6.67 Å². The Bertz CT molecular complexity index is 131. The fraction of sp³-hybridized carbons (Fsp3) is 1.00. The first-order valence-electron chi connectivity index (χ1n) is 4.39. The van der Waals surface area contributed by atoms with Crippen LogP contribution in [-0.2, 0) is 0 Å². The minimum Gasteiger partial charge on any atom is -0.251 e. The normalized spacial score (nSPS) is 52.2. The lowest BCUT2D eigenvalue weighted by Gasteiger charge is -2.25. The maximum atomic E-state index is 12.4. The predicted octanol–water partition coefficient (Wildman–Crippen LogP) is 2.64. The third-order valence-electron chi connectivity index (χ3n) is 3.72. The van der Waals surface area contributed by atoms with E-state index in [2.05, 4.69) is 6.92 Å². The maximum absolute atomic E-state index is 12.4. The summed E-state index contributed by atoms with van der Waals surface area (Å²) >= 11 is 0. The SMILES string of the molecule is CC1C(CF)[C@H]2CC[C@@H]1C2. The van der Waals surface area contributed by atoms with Gasteiger partial charge in [-0.2, -0.15) is 0 Å². The molecule has 2 aliphatic rings. The summed E-state index contributed by atoms with van der Waals surface area (Å²) in [5.41, 5.74) is 0. The third kappa shape index (κ3) is 0.724. The van der Waals surface area contributed by atoms with Gasteiger partial charge < -0.3 is 0 Å². The van der Waals surface area contributed by atoms with Crippen LogP contribution in [0.1, 0.15) is 26.2 Å². The topological polar surface area (TPSA) is 0 Å². The van der Waals surface area contributed by atoms with E-state index in [1.165, 1.54) is 19.3 Å². The summed E-state index contributed by atoms with van der Waals surface area (Å²) in [6.07, 6.45) is 4.02. The first-order chi connectivity index (χ1) is 4.83. The Morgan fingerprint density at radius 3 is 2.40 bits per heavy atom. The highest BCUT2D eigenvalue weighted by Gasteiger charge is 2.44. The summed E-state index contributed by atoms with van der Waals surface area (Å²) in [6.45, 7) is 2.16. The fourth-order valence-electron chi connectivity index (χ4n) is 2.96. The predicted molar refractivity (Wildman–Crippen MR) is 39.5 cm³/mol. The number of rotatable bonds is 1. The minimum absolute atomic E-state index is 0.0671. The van der Waals surface area contributed by atoms with Gasteiger partial charge in [-0.25, -0.2) is 0 Å². The molecule has 0 aromatic carbocycles. The van der Waals surface area contributed by atoms with Crippen LogP contribution in [-0.4, -0.2) is 6.67 Å². The third-order valence-corrected chi connectivity index (χ3v) is 3.72. The summed E-state index contributed by atoms with van der Waals surface area (Å²) in [5, 5.41) is 0. The first kappa shape index (κ1) is 6.63. The van der Waals surface area contributed by atoms with Crippen LogP contribution in [0.4, 0.5) is 4.39 Å². The molecule has 2 fully saturated rings. The Kier molecular flexibility index (Phi) is 1.47. The average molecular weight is 142 g/mol. The standard InChI is InChI=1S/C9H15F/c1-6-7-2-3-8(4-7)9(6)5-10/h6-9H,2-5H2,1H3/t6?,7-,8+,9?/m1/s1. The maximum Gasteiger partial charge on any atom is 0.0927 e. The molecule has 2 rings (SSSR count). The number of halogens is 1. The summed E-state index contributed by atoms with van der Waals surface area (Å²) in [5.74, 6) is 2.75. The zero-order chi connectivity index (χ0) is 7.14. The van der Waals surface area contributed by atoms with Crippen molar-refractivity contribution in [2.45, 2.75) is 26.2 Å². The summed E-state index contributed by atoms with van der Waals surface area (Å²) in [4.78, 5) is 0. The fourth-order valence-corrected chi connectivity index (χ4v) is 2.96. The summed E-state index contributed by atoms with van der Waals surface area (Å²) < 4.78 is 12.4. The molecule has 2 bridgehead atoms. The molecule has 2 saturated carbocycles. The van der Waals surface area contributed by atoms with Crippen LogP contribution in [0.3, 0.4) is 0 Å². The van der Waals surface area contributed by atoms with Crippen molar-refractivity contribution >= 4 is 0 Å². The Labute approximate surface area is 61.8 Å². The van der Waals surface area contributed by atoms with Crippen LogP contribution in [0.2, 0.25) is 0 Å². The van der Waals surface area contributed by atoms with E-state index in [9.17, 15) is 4.39 Å². The zero-order valence-electron chi connectivity index (χ0n) is 6.52. The lowest BCUT2D eigenvalue weighted by atomic mass is 9.81. The molecular formula is C9H15F. The van der Waals surface area contributed by atoms with Gasteiger partial charge in [0.05, 0.1) is 6.67 Å². The molecule has 4 atom stereocenters. The highest BCUT2D eigenvalue weighted by Crippen LogP contribution is 2.51. The molecule has 1 heteroatoms. The second kappa shape index (κ2) is 2.21. The second-order valence-electron chi connectivity index (χ2n) is 4.01. The van der Waals surface area contributed by atoms with E-state index in [1.807, 2.05) is 0 Å². The van der Waals surface area contributed by atoms with Crippen LogP contribution in [0.15, 0.2) is 0 Å². The van der Waals surface area contributed by atoms with Gasteiger partial charge in [0, 0.05) is 0 Å². The van der Waals surface area contributed by atoms with Gasteiger partial charge in [0.25, 0.3) is 0 Å². The van der Waals surface area contributed by atoms with Crippen molar-refractivity contribution in [3.8, 4) is 0 Å². The van der Waals surface area contributed by atoms with Crippen LogP contribution >= 0.6 is 0 Å². The van der Waals surface area contributed by atoms with Gasteiger partial charge in [-0.3, -0.25) is 4.39 Å². The molecule has 0 nitrogen and oxygen atoms in total. The number of hydrogen-bond acceptors (Lipinski definition) is 0. The average Bonchev–Trinajstić information content (AvgIpc) is 2.46. The van der Waals surface area contributed by atoms with E-state index in [0.29, 0.717) is 11.8 Å². The van der Waals surface area contributed by atoms with Gasteiger partial charge in [0.15, 0.2) is 0 Å². The van der Waals surface area contributed by atoms with Gasteiger partial charge in [-0.05, 0) is 42.9 Å². The van der Waals surface area contributed by atoms with Crippen molar-refractivity contribution in [2.24, 2.45) is 23.7 Å². The van der Waals surface area contributed by atoms with Crippen molar-refractivity contribution in [1.82, 2.24) is 0 Å². The Morgan fingerprint density at radius 2 is 2.00 bits per heavy atom. The van der Waals surface area contributed by atoms with Crippen LogP contribution in [0, 0.1) is 23.7 Å². The lowest BCUT2D eigenvalue weighted by molar-refractivity contribution is 0.193. The van der Waals surface area contributed by atoms with Crippen molar-refractivity contribution in [3.05, 3.63) is 0 Å². The molecule has 58 valence electrons. The monoisotopic (exact) mass is 142 g/mol. The molecule has 10 heavy (non-hydrogen) atoms. The molecule has 0 heterocycles. The van der Waals surface area contributed by atoms with Gasteiger partial charge in [-0.15, -0.1) is 0 Å². The van der Waals surface area contributed by atoms with E-state index in [0.717, 1.165) is 11.8 Å². The van der Waals surface area contributed by atoms with Crippen molar-refractivity contribution in [2.75, 3.05) is 6.67 Å². The Hall–Kier alpha value is -0.0700. The molecule has 0 aromatic rings. The largest absolute Gasteiger partial charge is 0.251 e. The lowest BCUT2D eigenvalue weighted by Crippen LogP contribution is -2.21. The first-order valence-corrected chi connectivity index (χ1v) is 4.39. The highest BCUT2D eigenvalue weighted by molar-refractivity contribution is 4.94. The van der Waals surface area contributed by atoms with Crippen molar-refractivity contribution < 1.29 is 4.39 Å². The Morgan fingerprint density at radius 1 is 1.30 bits per heavy atom. The summed E-state index contributed by atoms with van der Waals surface area (Å²) in [7, 11) is 0. The van der Waals surface area contributed by atoms with Gasteiger partial charge in [-0.1, -0.05) is 6.92 Å². The molecule has 0 amide bonds. The number of alkyl halides is 1. The molecule has 0 N–H and O–H groups in total. The zero-order valence-corrected chi connectivity index (χ0v) is 6.52. The van der Waals surface area contributed by atoms with E-state index in [1.54, 1.807) is 0 Å². The summed E-state index contributed by atoms with van der Waals surface area (Å²) in [6, 6.07) is 0. The molecule has 0 saturated heterocycles. The van der Waals surface area contributed by atoms with Crippen LogP contribution < -0.4 is 0 Å². The Balaban J connectivity index is 2.10. The number of fused-ring (bicyclic) bond motifs is 2. The van der Waals surface area contributed by atoms with Gasteiger partial charge in [0.2, 0.25) is 0 Å². The molecule has 0 aromatic heterocycles. The van der Waals surface area contributed by atoms with Gasteiger partial charge in [0.1, 0.15) is 0 Å². The van der Waals surface area contributed by atoms with Crippen LogP contribution in [0.5, 0.6) is 0 Å². The second-order valence-corrected chi connectivity index (χ2v) is 4.01. The molecule has 0 aliphatic heterocycles. The quantitative estimate of drug-likeness (QED) is 0.528. The smallest absolute Gasteiger partial charge is 0.0927 e. The molecule has 0 radical (unpaired) electrons. The molecule has 2 aliphatic carbocycles. The minimum atomic E-state index is -0.0671. The highest BCUT2D eigenvalue weighted by atomic mass is 19.1. The molecular weight excluding hydrogens is 127 g/mol.